The second-order valence-corrected chi connectivity index (χ2v) is 4.71. The van der Waals surface area contributed by atoms with Crippen molar-refractivity contribution in [1.29, 1.82) is 0 Å². The number of carbonyl (C=O) groups is 1. The number of anilines is 1. The predicted molar refractivity (Wildman–Crippen MR) is 70.8 cm³/mol. The molecule has 0 spiro atoms. The molecule has 1 aromatic heterocycles. The first-order valence-corrected chi connectivity index (χ1v) is 6.63. The maximum absolute atomic E-state index is 11.0. The Balaban J connectivity index is 2.23. The van der Waals surface area contributed by atoms with Crippen LogP contribution in [0, 0.1) is 0 Å². The van der Waals surface area contributed by atoms with E-state index >= 15 is 0 Å². The van der Waals surface area contributed by atoms with Gasteiger partial charge in [-0.05, 0) is 19.3 Å². The molecule has 2 rings (SSSR count). The van der Waals surface area contributed by atoms with Gasteiger partial charge in [-0.25, -0.2) is 14.8 Å². The highest BCUT2D eigenvalue weighted by Gasteiger charge is 2.20. The first-order chi connectivity index (χ1) is 9.11. The van der Waals surface area contributed by atoms with Gasteiger partial charge in [0.25, 0.3) is 0 Å². The Kier molecular flexibility index (Phi) is 4.55. The third kappa shape index (κ3) is 3.33. The zero-order valence-corrected chi connectivity index (χ0v) is 11.4. The number of carboxylic acid groups (broad SMARTS) is 1. The number of carboxylic acids is 1. The number of hydrogen-bond donors (Lipinski definition) is 2. The smallest absolute Gasteiger partial charge is 0.357 e. The minimum atomic E-state index is -1.16. The van der Waals surface area contributed by atoms with E-state index < -0.39 is 5.97 Å². The second-order valence-electron chi connectivity index (χ2n) is 4.35. The van der Waals surface area contributed by atoms with Crippen LogP contribution in [0.15, 0.2) is 0 Å². The number of halogens is 1. The predicted octanol–water partition coefficient (Wildman–Crippen LogP) is 1.98. The molecule has 1 aliphatic heterocycles. The van der Waals surface area contributed by atoms with Crippen LogP contribution in [0.25, 0.3) is 0 Å². The van der Waals surface area contributed by atoms with Crippen molar-refractivity contribution >= 4 is 23.4 Å². The molecule has 7 heteroatoms. The van der Waals surface area contributed by atoms with Crippen molar-refractivity contribution in [1.82, 2.24) is 9.97 Å². The van der Waals surface area contributed by atoms with Crippen LogP contribution in [0.2, 0.25) is 5.15 Å². The standard InChI is InChI=1S/C12H16ClN3O3/c1-2-8-11(14-7-3-5-19-6-4-7)16-10(13)9(15-8)12(17)18/h7H,2-6H2,1H3,(H,14,16)(H,17,18). The topological polar surface area (TPSA) is 84.3 Å². The van der Waals surface area contributed by atoms with E-state index in [9.17, 15) is 4.79 Å². The molecule has 1 aliphatic rings. The summed E-state index contributed by atoms with van der Waals surface area (Å²) in [5.74, 6) is -0.589. The molecule has 1 saturated heterocycles. The molecule has 6 nitrogen and oxygen atoms in total. The largest absolute Gasteiger partial charge is 0.476 e. The van der Waals surface area contributed by atoms with Crippen molar-refractivity contribution < 1.29 is 14.6 Å². The molecule has 0 unspecified atom stereocenters. The van der Waals surface area contributed by atoms with Crippen LogP contribution < -0.4 is 5.32 Å². The first kappa shape index (κ1) is 14.0. The van der Waals surface area contributed by atoms with Gasteiger partial charge in [0, 0.05) is 19.3 Å². The fraction of sp³-hybridized carbons (Fsp3) is 0.583. The summed E-state index contributed by atoms with van der Waals surface area (Å²) in [5, 5.41) is 12.2. The van der Waals surface area contributed by atoms with Gasteiger partial charge in [-0.1, -0.05) is 18.5 Å². The molecular weight excluding hydrogens is 270 g/mol. The normalized spacial score (nSPS) is 16.3. The van der Waals surface area contributed by atoms with Gasteiger partial charge in [0.05, 0.1) is 5.69 Å². The second kappa shape index (κ2) is 6.16. The molecule has 19 heavy (non-hydrogen) atoms. The first-order valence-electron chi connectivity index (χ1n) is 6.25. The number of nitrogens with one attached hydrogen (secondary N) is 1. The molecule has 0 saturated carbocycles. The van der Waals surface area contributed by atoms with Gasteiger partial charge in [-0.2, -0.15) is 0 Å². The molecule has 1 fully saturated rings. The van der Waals surface area contributed by atoms with Crippen LogP contribution >= 0.6 is 11.6 Å². The van der Waals surface area contributed by atoms with Crippen LogP contribution in [0.3, 0.4) is 0 Å². The highest BCUT2D eigenvalue weighted by atomic mass is 35.5. The lowest BCUT2D eigenvalue weighted by molar-refractivity contribution is 0.0690. The van der Waals surface area contributed by atoms with E-state index in [-0.39, 0.29) is 16.9 Å². The summed E-state index contributed by atoms with van der Waals surface area (Å²) in [6.45, 7) is 3.33. The van der Waals surface area contributed by atoms with Crippen molar-refractivity contribution in [2.24, 2.45) is 0 Å². The Hall–Kier alpha value is -1.40. The van der Waals surface area contributed by atoms with E-state index in [0.717, 1.165) is 12.8 Å². The van der Waals surface area contributed by atoms with Crippen LogP contribution in [-0.4, -0.2) is 40.3 Å². The monoisotopic (exact) mass is 285 g/mol. The Morgan fingerprint density at radius 1 is 1.47 bits per heavy atom. The van der Waals surface area contributed by atoms with Crippen LogP contribution in [0.5, 0.6) is 0 Å². The molecule has 104 valence electrons. The molecule has 0 amide bonds. The van der Waals surface area contributed by atoms with E-state index in [2.05, 4.69) is 15.3 Å². The third-order valence-electron chi connectivity index (χ3n) is 3.03. The summed E-state index contributed by atoms with van der Waals surface area (Å²) in [4.78, 5) is 19.2. The van der Waals surface area contributed by atoms with Gasteiger partial charge in [0.1, 0.15) is 5.82 Å². The van der Waals surface area contributed by atoms with E-state index in [0.29, 0.717) is 31.1 Å². The number of hydrogen-bond acceptors (Lipinski definition) is 5. The van der Waals surface area contributed by atoms with E-state index in [4.69, 9.17) is 21.4 Å². The van der Waals surface area contributed by atoms with Crippen molar-refractivity contribution in [3.63, 3.8) is 0 Å². The van der Waals surface area contributed by atoms with Gasteiger partial charge < -0.3 is 15.2 Å². The number of ether oxygens (including phenoxy) is 1. The zero-order chi connectivity index (χ0) is 13.8. The van der Waals surface area contributed by atoms with Crippen LogP contribution in [-0.2, 0) is 11.2 Å². The van der Waals surface area contributed by atoms with Crippen molar-refractivity contribution in [2.45, 2.75) is 32.2 Å². The molecule has 2 heterocycles. The highest BCUT2D eigenvalue weighted by Crippen LogP contribution is 2.21. The Morgan fingerprint density at radius 3 is 2.74 bits per heavy atom. The summed E-state index contributed by atoms with van der Waals surface area (Å²) >= 11 is 5.85. The maximum atomic E-state index is 11.0. The van der Waals surface area contributed by atoms with Crippen LogP contribution in [0.4, 0.5) is 5.82 Å². The molecule has 0 bridgehead atoms. The maximum Gasteiger partial charge on any atom is 0.357 e. The SMILES string of the molecule is CCc1nc(C(=O)O)c(Cl)nc1NC1CCOCC1. The van der Waals surface area contributed by atoms with Gasteiger partial charge in [-0.3, -0.25) is 0 Å². The minimum Gasteiger partial charge on any atom is -0.476 e. The molecule has 0 radical (unpaired) electrons. The third-order valence-corrected chi connectivity index (χ3v) is 3.29. The number of nitrogens with zero attached hydrogens (tertiary/aromatic N) is 2. The highest BCUT2D eigenvalue weighted by molar-refractivity contribution is 6.32. The van der Waals surface area contributed by atoms with Gasteiger partial charge in [0.2, 0.25) is 0 Å². The molecule has 0 atom stereocenters. The quantitative estimate of drug-likeness (QED) is 0.880. The lowest BCUT2D eigenvalue weighted by Crippen LogP contribution is -2.29. The van der Waals surface area contributed by atoms with Crippen molar-refractivity contribution in [3.8, 4) is 0 Å². The van der Waals surface area contributed by atoms with Crippen LogP contribution in [0.1, 0.15) is 35.9 Å². The fourth-order valence-corrected chi connectivity index (χ4v) is 2.19. The van der Waals surface area contributed by atoms with Gasteiger partial charge in [-0.15, -0.1) is 0 Å². The van der Waals surface area contributed by atoms with Crippen molar-refractivity contribution in [2.75, 3.05) is 18.5 Å². The molecular formula is C12H16ClN3O3. The molecule has 1 aromatic rings. The Morgan fingerprint density at radius 2 is 2.16 bits per heavy atom. The van der Waals surface area contributed by atoms with Crippen molar-refractivity contribution in [3.05, 3.63) is 16.5 Å². The number of aromatic nitrogens is 2. The number of rotatable bonds is 4. The average Bonchev–Trinajstić information content (AvgIpc) is 2.39. The Bertz CT molecular complexity index is 476. The summed E-state index contributed by atoms with van der Waals surface area (Å²) in [5.41, 5.74) is 0.421. The number of aryl methyl sites for hydroxylation is 1. The summed E-state index contributed by atoms with van der Waals surface area (Å²) in [7, 11) is 0. The van der Waals surface area contributed by atoms with E-state index in [1.54, 1.807) is 0 Å². The summed E-state index contributed by atoms with van der Waals surface area (Å²) < 4.78 is 5.29. The molecule has 2 N–H and O–H groups in total. The minimum absolute atomic E-state index is 0.0840. The lowest BCUT2D eigenvalue weighted by atomic mass is 10.1. The average molecular weight is 286 g/mol. The zero-order valence-electron chi connectivity index (χ0n) is 10.6. The number of aromatic carboxylic acids is 1. The molecule has 0 aliphatic carbocycles. The fourth-order valence-electron chi connectivity index (χ4n) is 1.98. The van der Waals surface area contributed by atoms with E-state index in [1.807, 2.05) is 6.92 Å². The van der Waals surface area contributed by atoms with Gasteiger partial charge >= 0.3 is 5.97 Å². The summed E-state index contributed by atoms with van der Waals surface area (Å²) in [6.07, 6.45) is 2.38. The summed E-state index contributed by atoms with van der Waals surface area (Å²) in [6, 6.07) is 0.264. The Labute approximate surface area is 116 Å². The lowest BCUT2D eigenvalue weighted by Gasteiger charge is -2.24. The molecule has 0 aromatic carbocycles. The van der Waals surface area contributed by atoms with Gasteiger partial charge in [0.15, 0.2) is 10.8 Å². The van der Waals surface area contributed by atoms with E-state index in [1.165, 1.54) is 0 Å².